The number of benzene rings is 1. The fourth-order valence-electron chi connectivity index (χ4n) is 1.72. The second-order valence-corrected chi connectivity index (χ2v) is 4.58. The highest BCUT2D eigenvalue weighted by Crippen LogP contribution is 2.14. The number of rotatable bonds is 4. The lowest BCUT2D eigenvalue weighted by Gasteiger charge is -2.26. The molecule has 0 aliphatic rings. The largest absolute Gasteiger partial charge is 0.409 e. The Morgan fingerprint density at radius 2 is 2.16 bits per heavy atom. The second-order valence-electron chi connectivity index (χ2n) is 4.58. The molecule has 0 fully saturated rings. The zero-order valence-electron chi connectivity index (χ0n) is 11.2. The highest BCUT2D eigenvalue weighted by atomic mass is 19.1. The summed E-state index contributed by atoms with van der Waals surface area (Å²) in [5, 5.41) is 11.4. The van der Waals surface area contributed by atoms with Crippen LogP contribution < -0.4 is 5.73 Å². The van der Waals surface area contributed by atoms with Crippen LogP contribution in [0.25, 0.3) is 0 Å². The zero-order valence-corrected chi connectivity index (χ0v) is 11.2. The van der Waals surface area contributed by atoms with Crippen LogP contribution in [0, 0.1) is 12.7 Å². The highest BCUT2D eigenvalue weighted by molar-refractivity contribution is 5.98. The first-order valence-electron chi connectivity index (χ1n) is 5.90. The first-order valence-corrected chi connectivity index (χ1v) is 5.90. The quantitative estimate of drug-likeness (QED) is 0.377. The van der Waals surface area contributed by atoms with Crippen LogP contribution in [0.5, 0.6) is 0 Å². The van der Waals surface area contributed by atoms with E-state index in [9.17, 15) is 9.18 Å². The summed E-state index contributed by atoms with van der Waals surface area (Å²) in [5.74, 6) is -0.720. The number of amides is 1. The van der Waals surface area contributed by atoms with E-state index in [-0.39, 0.29) is 30.1 Å². The van der Waals surface area contributed by atoms with Gasteiger partial charge in [-0.25, -0.2) is 4.39 Å². The number of halogens is 1. The maximum atomic E-state index is 13.0. The number of aryl methyl sites for hydroxylation is 1. The van der Waals surface area contributed by atoms with Gasteiger partial charge in [-0.2, -0.15) is 0 Å². The van der Waals surface area contributed by atoms with Crippen LogP contribution in [0.15, 0.2) is 23.4 Å². The van der Waals surface area contributed by atoms with Gasteiger partial charge in [0.2, 0.25) is 0 Å². The minimum Gasteiger partial charge on any atom is -0.409 e. The van der Waals surface area contributed by atoms with Crippen LogP contribution in [-0.4, -0.2) is 34.4 Å². The van der Waals surface area contributed by atoms with E-state index in [1.807, 2.05) is 13.8 Å². The zero-order chi connectivity index (χ0) is 14.6. The van der Waals surface area contributed by atoms with Crippen molar-refractivity contribution in [2.75, 3.05) is 6.54 Å². The first-order chi connectivity index (χ1) is 8.86. The van der Waals surface area contributed by atoms with Crippen molar-refractivity contribution >= 4 is 11.7 Å². The van der Waals surface area contributed by atoms with E-state index in [1.54, 1.807) is 6.92 Å². The summed E-state index contributed by atoms with van der Waals surface area (Å²) in [6.45, 7) is 5.32. The van der Waals surface area contributed by atoms with E-state index in [0.29, 0.717) is 11.1 Å². The van der Waals surface area contributed by atoms with Crippen molar-refractivity contribution in [3.05, 3.63) is 35.1 Å². The van der Waals surface area contributed by atoms with E-state index >= 15 is 0 Å². The Morgan fingerprint density at radius 3 is 2.63 bits per heavy atom. The summed E-state index contributed by atoms with van der Waals surface area (Å²) < 4.78 is 13.0. The molecule has 6 heteroatoms. The molecule has 0 atom stereocenters. The molecule has 1 amide bonds. The number of carbonyl (C=O) groups excluding carboxylic acids is 1. The van der Waals surface area contributed by atoms with Crippen molar-refractivity contribution in [1.29, 1.82) is 0 Å². The Hall–Kier alpha value is -2.11. The maximum Gasteiger partial charge on any atom is 0.254 e. The minimum atomic E-state index is -0.387. The Kier molecular flexibility index (Phi) is 4.86. The number of amidine groups is 1. The summed E-state index contributed by atoms with van der Waals surface area (Å²) in [4.78, 5) is 13.8. The third kappa shape index (κ3) is 3.67. The van der Waals surface area contributed by atoms with Crippen molar-refractivity contribution < 1.29 is 14.4 Å². The van der Waals surface area contributed by atoms with E-state index in [0.717, 1.165) is 0 Å². The third-order valence-corrected chi connectivity index (χ3v) is 2.76. The Bertz CT molecular complexity index is 501. The predicted molar refractivity (Wildman–Crippen MR) is 70.7 cm³/mol. The molecule has 19 heavy (non-hydrogen) atoms. The topological polar surface area (TPSA) is 78.9 Å². The van der Waals surface area contributed by atoms with Crippen molar-refractivity contribution in [2.45, 2.75) is 26.8 Å². The minimum absolute atomic E-state index is 0.0177. The molecular formula is C13H18FN3O2. The smallest absolute Gasteiger partial charge is 0.254 e. The Labute approximate surface area is 111 Å². The molecule has 0 bridgehead atoms. The molecule has 1 aromatic carbocycles. The van der Waals surface area contributed by atoms with Gasteiger partial charge in [-0.05, 0) is 44.5 Å². The Morgan fingerprint density at radius 1 is 1.53 bits per heavy atom. The number of nitrogens with two attached hydrogens (primary N) is 1. The number of hydrogen-bond acceptors (Lipinski definition) is 3. The molecule has 0 saturated carbocycles. The fraction of sp³-hybridized carbons (Fsp3) is 0.385. The van der Waals surface area contributed by atoms with Crippen LogP contribution in [0.1, 0.15) is 29.8 Å². The van der Waals surface area contributed by atoms with Gasteiger partial charge in [0.05, 0.1) is 6.54 Å². The summed E-state index contributed by atoms with van der Waals surface area (Å²) in [6, 6.07) is 3.85. The SMILES string of the molecule is Cc1cc(F)ccc1C(=O)N(C/C(N)=N/O)C(C)C. The van der Waals surface area contributed by atoms with Gasteiger partial charge in [-0.1, -0.05) is 5.16 Å². The maximum absolute atomic E-state index is 13.0. The molecule has 0 spiro atoms. The second kappa shape index (κ2) is 6.17. The van der Waals surface area contributed by atoms with Gasteiger partial charge >= 0.3 is 0 Å². The molecule has 104 valence electrons. The molecule has 0 unspecified atom stereocenters. The van der Waals surface area contributed by atoms with Gasteiger partial charge in [0, 0.05) is 11.6 Å². The summed E-state index contributed by atoms with van der Waals surface area (Å²) >= 11 is 0. The fourth-order valence-corrected chi connectivity index (χ4v) is 1.72. The van der Waals surface area contributed by atoms with Gasteiger partial charge < -0.3 is 15.8 Å². The summed E-state index contributed by atoms with van der Waals surface area (Å²) in [5.41, 5.74) is 6.39. The lowest BCUT2D eigenvalue weighted by Crippen LogP contribution is -2.43. The van der Waals surface area contributed by atoms with Gasteiger partial charge in [-0.3, -0.25) is 4.79 Å². The monoisotopic (exact) mass is 267 g/mol. The number of nitrogens with zero attached hydrogens (tertiary/aromatic N) is 2. The standard InChI is InChI=1S/C13H18FN3O2/c1-8(2)17(7-12(15)16-19)13(18)11-5-4-10(14)6-9(11)3/h4-6,8,19H,7H2,1-3H3,(H2,15,16). The third-order valence-electron chi connectivity index (χ3n) is 2.76. The molecule has 1 aromatic rings. The van der Waals surface area contributed by atoms with Crippen LogP contribution in [-0.2, 0) is 0 Å². The number of carbonyl (C=O) groups is 1. The molecular weight excluding hydrogens is 249 g/mol. The summed E-state index contributed by atoms with van der Waals surface area (Å²) in [6.07, 6.45) is 0. The Balaban J connectivity index is 3.06. The van der Waals surface area contributed by atoms with Gasteiger partial charge in [0.25, 0.3) is 5.91 Å². The molecule has 0 aromatic heterocycles. The van der Waals surface area contributed by atoms with Crippen LogP contribution in [0.4, 0.5) is 4.39 Å². The van der Waals surface area contributed by atoms with Crippen molar-refractivity contribution in [3.63, 3.8) is 0 Å². The average molecular weight is 267 g/mol. The van der Waals surface area contributed by atoms with E-state index in [1.165, 1.54) is 23.1 Å². The van der Waals surface area contributed by atoms with Crippen LogP contribution in [0.3, 0.4) is 0 Å². The predicted octanol–water partition coefficient (Wildman–Crippen LogP) is 1.73. The highest BCUT2D eigenvalue weighted by Gasteiger charge is 2.21. The molecule has 0 aliphatic heterocycles. The average Bonchev–Trinajstić information content (AvgIpc) is 2.34. The first kappa shape index (κ1) is 14.9. The number of oxime groups is 1. The summed E-state index contributed by atoms with van der Waals surface area (Å²) in [7, 11) is 0. The normalized spacial score (nSPS) is 11.7. The molecule has 0 saturated heterocycles. The van der Waals surface area contributed by atoms with E-state index < -0.39 is 0 Å². The van der Waals surface area contributed by atoms with Crippen LogP contribution >= 0.6 is 0 Å². The van der Waals surface area contributed by atoms with Crippen molar-refractivity contribution in [3.8, 4) is 0 Å². The molecule has 5 nitrogen and oxygen atoms in total. The van der Waals surface area contributed by atoms with Gasteiger partial charge in [0.1, 0.15) is 5.82 Å². The lowest BCUT2D eigenvalue weighted by molar-refractivity contribution is 0.0733. The van der Waals surface area contributed by atoms with Crippen molar-refractivity contribution in [1.82, 2.24) is 4.90 Å². The number of hydrogen-bond donors (Lipinski definition) is 2. The molecule has 3 N–H and O–H groups in total. The molecule has 0 aliphatic carbocycles. The lowest BCUT2D eigenvalue weighted by atomic mass is 10.1. The van der Waals surface area contributed by atoms with Gasteiger partial charge in [-0.15, -0.1) is 0 Å². The molecule has 0 radical (unpaired) electrons. The molecule has 1 rings (SSSR count). The van der Waals surface area contributed by atoms with E-state index in [2.05, 4.69) is 5.16 Å². The van der Waals surface area contributed by atoms with Crippen LogP contribution in [0.2, 0.25) is 0 Å². The van der Waals surface area contributed by atoms with Gasteiger partial charge in [0.15, 0.2) is 5.84 Å². The molecule has 0 heterocycles. The van der Waals surface area contributed by atoms with Crippen molar-refractivity contribution in [2.24, 2.45) is 10.9 Å². The van der Waals surface area contributed by atoms with E-state index in [4.69, 9.17) is 10.9 Å².